The monoisotopic (exact) mass is 498 g/mol. The highest BCUT2D eigenvalue weighted by molar-refractivity contribution is 7.99. The normalized spacial score (nSPS) is 23.7. The molecule has 1 N–H and O–H groups in total. The first-order valence-electron chi connectivity index (χ1n) is 12.4. The van der Waals surface area contributed by atoms with Crippen LogP contribution < -0.4 is 4.74 Å². The van der Waals surface area contributed by atoms with E-state index in [-0.39, 0.29) is 5.78 Å². The number of carbonyl (C=O) groups excluding carboxylic acids is 1. The molecule has 0 aliphatic heterocycles. The second kappa shape index (κ2) is 12.1. The molecule has 0 radical (unpaired) electrons. The number of ether oxygens (including phenoxy) is 2. The summed E-state index contributed by atoms with van der Waals surface area (Å²) >= 11 is 2.01. The molecule has 0 bridgehead atoms. The van der Waals surface area contributed by atoms with Crippen LogP contribution in [0.5, 0.6) is 5.75 Å². The lowest BCUT2D eigenvalue weighted by Crippen LogP contribution is -2.39. The number of allylic oxidation sites excluding steroid dienone is 1. The van der Waals surface area contributed by atoms with Crippen LogP contribution >= 0.6 is 11.8 Å². The highest BCUT2D eigenvalue weighted by Crippen LogP contribution is 2.45. The Hall–Kier alpha value is -2.31. The average Bonchev–Trinajstić information content (AvgIpc) is 2.85. The highest BCUT2D eigenvalue weighted by atomic mass is 32.2. The number of aliphatic carboxylic acids is 1. The Balaban J connectivity index is 1.63. The summed E-state index contributed by atoms with van der Waals surface area (Å²) in [6.07, 6.45) is 9.67. The van der Waals surface area contributed by atoms with E-state index < -0.39 is 17.5 Å². The second-order valence-corrected chi connectivity index (χ2v) is 11.1. The van der Waals surface area contributed by atoms with Gasteiger partial charge in [-0.1, -0.05) is 30.9 Å². The molecule has 0 heterocycles. The van der Waals surface area contributed by atoms with Gasteiger partial charge in [-0.15, -0.1) is 0 Å². The molecule has 2 aliphatic rings. The van der Waals surface area contributed by atoms with Crippen LogP contribution in [0.15, 0.2) is 58.7 Å². The molecular weight excluding hydrogens is 460 g/mol. The van der Waals surface area contributed by atoms with Crippen molar-refractivity contribution < 1.29 is 24.2 Å². The zero-order chi connectivity index (χ0) is 25.6. The third kappa shape index (κ3) is 6.28. The number of ketones is 1. The molecule has 0 aromatic heterocycles. The van der Waals surface area contributed by atoms with Crippen LogP contribution in [0.25, 0.3) is 0 Å². The zero-order valence-corrected chi connectivity index (χ0v) is 22.4. The van der Waals surface area contributed by atoms with Crippen LogP contribution in [-0.4, -0.2) is 47.7 Å². The summed E-state index contributed by atoms with van der Waals surface area (Å²) in [6.45, 7) is 8.15. The third-order valence-corrected chi connectivity index (χ3v) is 8.85. The molecule has 2 aliphatic carbocycles. The van der Waals surface area contributed by atoms with Crippen molar-refractivity contribution in [2.45, 2.75) is 71.2 Å². The van der Waals surface area contributed by atoms with E-state index in [0.29, 0.717) is 28.9 Å². The average molecular weight is 499 g/mol. The summed E-state index contributed by atoms with van der Waals surface area (Å²) in [5, 5.41) is 10.4. The van der Waals surface area contributed by atoms with Gasteiger partial charge in [-0.3, -0.25) is 4.79 Å². The Morgan fingerprint density at radius 1 is 1.11 bits per heavy atom. The lowest BCUT2D eigenvalue weighted by molar-refractivity contribution is -0.132. The smallest absolute Gasteiger partial charge is 0.335 e. The summed E-state index contributed by atoms with van der Waals surface area (Å²) in [5.74, 6) is 0.677. The van der Waals surface area contributed by atoms with Gasteiger partial charge in [0.1, 0.15) is 5.75 Å². The van der Waals surface area contributed by atoms with Crippen molar-refractivity contribution in [2.75, 3.05) is 19.5 Å². The molecule has 35 heavy (non-hydrogen) atoms. The number of carboxylic acids is 1. The topological polar surface area (TPSA) is 72.8 Å². The van der Waals surface area contributed by atoms with Crippen molar-refractivity contribution in [3.63, 3.8) is 0 Å². The zero-order valence-electron chi connectivity index (χ0n) is 21.6. The van der Waals surface area contributed by atoms with E-state index in [9.17, 15) is 14.7 Å². The summed E-state index contributed by atoms with van der Waals surface area (Å²) in [5.41, 5.74) is 2.49. The van der Waals surface area contributed by atoms with E-state index in [4.69, 9.17) is 9.47 Å². The highest BCUT2D eigenvalue weighted by Gasteiger charge is 2.42. The molecule has 1 aromatic carbocycles. The van der Waals surface area contributed by atoms with Gasteiger partial charge in [-0.25, -0.2) is 4.79 Å². The summed E-state index contributed by atoms with van der Waals surface area (Å²) < 4.78 is 11.6. The van der Waals surface area contributed by atoms with Crippen molar-refractivity contribution in [1.29, 1.82) is 0 Å². The molecule has 0 amide bonds. The van der Waals surface area contributed by atoms with Gasteiger partial charge in [-0.2, -0.15) is 11.8 Å². The SMILES string of the molecule is COC1C(C)=C(C(=O)O)C(C)=C(C)C1(C)C=CC(=O)c1ccc(OCCSC2CCCCC2)cc1. The summed E-state index contributed by atoms with van der Waals surface area (Å²) in [4.78, 5) is 24.7. The van der Waals surface area contributed by atoms with Crippen molar-refractivity contribution in [2.24, 2.45) is 5.41 Å². The van der Waals surface area contributed by atoms with Gasteiger partial charge >= 0.3 is 5.97 Å². The van der Waals surface area contributed by atoms with E-state index in [1.807, 2.05) is 50.7 Å². The lowest BCUT2D eigenvalue weighted by atomic mass is 9.67. The van der Waals surface area contributed by atoms with E-state index >= 15 is 0 Å². The number of rotatable bonds is 10. The number of carboxylic acid groups (broad SMARTS) is 1. The second-order valence-electron chi connectivity index (χ2n) is 9.71. The predicted octanol–water partition coefficient (Wildman–Crippen LogP) is 6.64. The first-order chi connectivity index (χ1) is 16.7. The van der Waals surface area contributed by atoms with Crippen molar-refractivity contribution >= 4 is 23.5 Å². The molecule has 2 unspecified atom stereocenters. The summed E-state index contributed by atoms with van der Waals surface area (Å²) in [6, 6.07) is 7.26. The Morgan fingerprint density at radius 2 is 1.77 bits per heavy atom. The molecule has 1 aromatic rings. The standard InChI is InChI=1S/C29H38O5S/c1-19-21(3)29(4,27(33-5)20(2)26(19)28(31)32)16-15-25(30)22-11-13-23(14-12-22)34-17-18-35-24-9-7-6-8-10-24/h11-16,24,27H,6-10,17-18H2,1-5H3,(H,31,32). The molecule has 3 rings (SSSR count). The van der Waals surface area contributed by atoms with Gasteiger partial charge in [0.05, 0.1) is 18.3 Å². The minimum atomic E-state index is -0.960. The number of benzene rings is 1. The van der Waals surface area contributed by atoms with Crippen LogP contribution in [0.1, 0.15) is 70.2 Å². The molecule has 190 valence electrons. The number of thioether (sulfide) groups is 1. The quantitative estimate of drug-likeness (QED) is 0.221. The first kappa shape index (κ1) is 27.3. The fraction of sp³-hybridized carbons (Fsp3) is 0.517. The lowest BCUT2D eigenvalue weighted by Gasteiger charge is -2.41. The van der Waals surface area contributed by atoms with Crippen molar-refractivity contribution in [1.82, 2.24) is 0 Å². The molecule has 2 atom stereocenters. The van der Waals surface area contributed by atoms with E-state index in [2.05, 4.69) is 0 Å². The number of hydrogen-bond acceptors (Lipinski definition) is 5. The minimum Gasteiger partial charge on any atom is -0.493 e. The van der Waals surface area contributed by atoms with Gasteiger partial charge in [0.15, 0.2) is 5.78 Å². The van der Waals surface area contributed by atoms with E-state index in [1.165, 1.54) is 32.1 Å². The fourth-order valence-electron chi connectivity index (χ4n) is 5.29. The van der Waals surface area contributed by atoms with Gasteiger partial charge in [0.25, 0.3) is 0 Å². The Morgan fingerprint density at radius 3 is 2.37 bits per heavy atom. The Bertz CT molecular complexity index is 1010. The number of methoxy groups -OCH3 is 1. The van der Waals surface area contributed by atoms with Crippen molar-refractivity contribution in [3.05, 3.63) is 64.3 Å². The number of carbonyl (C=O) groups is 2. The summed E-state index contributed by atoms with van der Waals surface area (Å²) in [7, 11) is 1.57. The molecular formula is C29H38O5S. The third-order valence-electron chi connectivity index (χ3n) is 7.50. The molecule has 1 fully saturated rings. The van der Waals surface area contributed by atoms with Crippen LogP contribution in [0.4, 0.5) is 0 Å². The predicted molar refractivity (Wildman–Crippen MR) is 142 cm³/mol. The van der Waals surface area contributed by atoms with Crippen molar-refractivity contribution in [3.8, 4) is 5.75 Å². The molecule has 5 nitrogen and oxygen atoms in total. The van der Waals surface area contributed by atoms with Crippen LogP contribution in [0.3, 0.4) is 0 Å². The van der Waals surface area contributed by atoms with Crippen LogP contribution in [0, 0.1) is 5.41 Å². The minimum absolute atomic E-state index is 0.114. The van der Waals surface area contributed by atoms with E-state index in [1.54, 1.807) is 32.2 Å². The molecule has 0 saturated heterocycles. The maximum atomic E-state index is 12.9. The van der Waals surface area contributed by atoms with Gasteiger partial charge in [0.2, 0.25) is 0 Å². The largest absolute Gasteiger partial charge is 0.493 e. The van der Waals surface area contributed by atoms with Crippen LogP contribution in [0.2, 0.25) is 0 Å². The number of hydrogen-bond donors (Lipinski definition) is 1. The van der Waals surface area contributed by atoms with Gasteiger partial charge < -0.3 is 14.6 Å². The maximum absolute atomic E-state index is 12.9. The Labute approximate surface area is 213 Å². The van der Waals surface area contributed by atoms with E-state index in [0.717, 1.165) is 22.3 Å². The molecule has 6 heteroatoms. The maximum Gasteiger partial charge on any atom is 0.335 e. The van der Waals surface area contributed by atoms with Gasteiger partial charge in [-0.05, 0) is 82.0 Å². The first-order valence-corrected chi connectivity index (χ1v) is 13.5. The fourth-order valence-corrected chi connectivity index (χ4v) is 6.47. The van der Waals surface area contributed by atoms with Gasteiger partial charge in [0, 0.05) is 29.1 Å². The molecule has 1 saturated carbocycles. The Kier molecular flexibility index (Phi) is 9.42. The van der Waals surface area contributed by atoms with Crippen LogP contribution in [-0.2, 0) is 9.53 Å². The molecule has 0 spiro atoms.